The highest BCUT2D eigenvalue weighted by atomic mass is 16.5. The number of amides is 1. The zero-order valence-electron chi connectivity index (χ0n) is 13.0. The number of carbonyl (C=O) groups is 2. The van der Waals surface area contributed by atoms with Crippen LogP contribution in [0.4, 0.5) is 5.69 Å². The molecule has 0 saturated heterocycles. The molecule has 1 N–H and O–H groups in total. The Hall–Kier alpha value is -2.62. The van der Waals surface area contributed by atoms with E-state index in [1.165, 1.54) is 12.7 Å². The van der Waals surface area contributed by atoms with E-state index in [9.17, 15) is 9.59 Å². The first-order valence-electron chi connectivity index (χ1n) is 7.04. The van der Waals surface area contributed by atoms with Crippen LogP contribution < -0.4 is 5.32 Å². The van der Waals surface area contributed by atoms with E-state index in [0.29, 0.717) is 17.7 Å². The van der Waals surface area contributed by atoms with Crippen LogP contribution in [-0.2, 0) is 16.0 Å². The molecule has 0 fully saturated rings. The molecule has 0 heterocycles. The largest absolute Gasteiger partial charge is 0.465 e. The molecule has 114 valence electrons. The molecule has 0 aromatic heterocycles. The molecule has 0 radical (unpaired) electrons. The van der Waals surface area contributed by atoms with Gasteiger partial charge in [-0.15, -0.1) is 0 Å². The van der Waals surface area contributed by atoms with E-state index >= 15 is 0 Å². The third-order valence-corrected chi connectivity index (χ3v) is 3.42. The fourth-order valence-electron chi connectivity index (χ4n) is 2.26. The van der Waals surface area contributed by atoms with Crippen LogP contribution in [0.3, 0.4) is 0 Å². The number of carbonyl (C=O) groups excluding carboxylic acids is 2. The monoisotopic (exact) mass is 297 g/mol. The fourth-order valence-corrected chi connectivity index (χ4v) is 2.26. The number of esters is 1. The standard InChI is InChI=1S/C18H19NO3/c1-12-7-8-14(13(2)9-12)11-17(20)19-16-6-4-5-15(10-16)18(21)22-3/h4-10H,11H2,1-3H3,(H,19,20). The maximum Gasteiger partial charge on any atom is 0.337 e. The van der Waals surface area contributed by atoms with Gasteiger partial charge in [0.15, 0.2) is 0 Å². The number of methoxy groups -OCH3 is 1. The molecule has 1 amide bonds. The molecule has 2 aromatic carbocycles. The van der Waals surface area contributed by atoms with Crippen molar-refractivity contribution in [2.45, 2.75) is 20.3 Å². The van der Waals surface area contributed by atoms with E-state index in [1.54, 1.807) is 24.3 Å². The van der Waals surface area contributed by atoms with Gasteiger partial charge in [-0.1, -0.05) is 29.8 Å². The Morgan fingerprint density at radius 3 is 2.55 bits per heavy atom. The number of rotatable bonds is 4. The molecule has 0 aliphatic carbocycles. The van der Waals surface area contributed by atoms with Crippen molar-refractivity contribution in [2.24, 2.45) is 0 Å². The van der Waals surface area contributed by atoms with Crippen molar-refractivity contribution in [3.63, 3.8) is 0 Å². The van der Waals surface area contributed by atoms with Crippen molar-refractivity contribution in [3.05, 3.63) is 64.7 Å². The van der Waals surface area contributed by atoms with E-state index in [4.69, 9.17) is 0 Å². The minimum atomic E-state index is -0.425. The lowest BCUT2D eigenvalue weighted by Crippen LogP contribution is -2.15. The van der Waals surface area contributed by atoms with Gasteiger partial charge < -0.3 is 10.1 Å². The second kappa shape index (κ2) is 6.89. The predicted molar refractivity (Wildman–Crippen MR) is 86.0 cm³/mol. The van der Waals surface area contributed by atoms with Crippen LogP contribution in [0.1, 0.15) is 27.0 Å². The Morgan fingerprint density at radius 1 is 1.09 bits per heavy atom. The van der Waals surface area contributed by atoms with Crippen molar-refractivity contribution in [2.75, 3.05) is 12.4 Å². The molecule has 0 unspecified atom stereocenters. The highest BCUT2D eigenvalue weighted by Crippen LogP contribution is 2.14. The quantitative estimate of drug-likeness (QED) is 0.881. The topological polar surface area (TPSA) is 55.4 Å². The van der Waals surface area contributed by atoms with Gasteiger partial charge in [0.1, 0.15) is 0 Å². The second-order valence-corrected chi connectivity index (χ2v) is 5.23. The van der Waals surface area contributed by atoms with Crippen LogP contribution in [0.5, 0.6) is 0 Å². The van der Waals surface area contributed by atoms with Crippen LogP contribution in [0.15, 0.2) is 42.5 Å². The number of anilines is 1. The van der Waals surface area contributed by atoms with E-state index < -0.39 is 5.97 Å². The second-order valence-electron chi connectivity index (χ2n) is 5.23. The van der Waals surface area contributed by atoms with Crippen molar-refractivity contribution >= 4 is 17.6 Å². The molecule has 4 heteroatoms. The van der Waals surface area contributed by atoms with Gasteiger partial charge in [-0.05, 0) is 43.2 Å². The van der Waals surface area contributed by atoms with E-state index in [2.05, 4.69) is 16.1 Å². The Balaban J connectivity index is 2.07. The summed E-state index contributed by atoms with van der Waals surface area (Å²) >= 11 is 0. The number of benzene rings is 2. The summed E-state index contributed by atoms with van der Waals surface area (Å²) in [5, 5.41) is 2.80. The molecule has 4 nitrogen and oxygen atoms in total. The smallest absolute Gasteiger partial charge is 0.337 e. The molecule has 0 aliphatic heterocycles. The van der Waals surface area contributed by atoms with Gasteiger partial charge in [-0.3, -0.25) is 4.79 Å². The zero-order valence-corrected chi connectivity index (χ0v) is 13.0. The molecule has 0 bridgehead atoms. The summed E-state index contributed by atoms with van der Waals surface area (Å²) in [7, 11) is 1.33. The van der Waals surface area contributed by atoms with E-state index in [1.807, 2.05) is 26.0 Å². The Bertz CT molecular complexity index is 707. The summed E-state index contributed by atoms with van der Waals surface area (Å²) in [6, 6.07) is 12.7. The van der Waals surface area contributed by atoms with Crippen LogP contribution in [0.25, 0.3) is 0 Å². The SMILES string of the molecule is COC(=O)c1cccc(NC(=O)Cc2ccc(C)cc2C)c1. The number of nitrogens with one attached hydrogen (secondary N) is 1. The Morgan fingerprint density at radius 2 is 1.86 bits per heavy atom. The molecule has 0 atom stereocenters. The summed E-state index contributed by atoms with van der Waals surface area (Å²) in [5.41, 5.74) is 4.25. The van der Waals surface area contributed by atoms with Crippen molar-refractivity contribution in [3.8, 4) is 0 Å². The van der Waals surface area contributed by atoms with Gasteiger partial charge in [0.2, 0.25) is 5.91 Å². The van der Waals surface area contributed by atoms with Crippen molar-refractivity contribution in [1.29, 1.82) is 0 Å². The number of hydrogen-bond donors (Lipinski definition) is 1. The lowest BCUT2D eigenvalue weighted by molar-refractivity contribution is -0.115. The third-order valence-electron chi connectivity index (χ3n) is 3.42. The van der Waals surface area contributed by atoms with Gasteiger partial charge in [0.05, 0.1) is 19.1 Å². The van der Waals surface area contributed by atoms with E-state index in [0.717, 1.165) is 11.1 Å². The fraction of sp³-hybridized carbons (Fsp3) is 0.222. The molecular formula is C18H19NO3. The molecule has 2 aromatic rings. The summed E-state index contributed by atoms with van der Waals surface area (Å²) in [4.78, 5) is 23.6. The minimum Gasteiger partial charge on any atom is -0.465 e. The molecule has 0 spiro atoms. The summed E-state index contributed by atoms with van der Waals surface area (Å²) < 4.78 is 4.67. The van der Waals surface area contributed by atoms with Crippen LogP contribution in [0, 0.1) is 13.8 Å². The minimum absolute atomic E-state index is 0.117. The average Bonchev–Trinajstić information content (AvgIpc) is 2.49. The summed E-state index contributed by atoms with van der Waals surface area (Å²) in [6.07, 6.45) is 0.300. The highest BCUT2D eigenvalue weighted by Gasteiger charge is 2.09. The maximum atomic E-state index is 12.1. The number of ether oxygens (including phenoxy) is 1. The van der Waals surface area contributed by atoms with Crippen molar-refractivity contribution < 1.29 is 14.3 Å². The summed E-state index contributed by atoms with van der Waals surface area (Å²) in [5.74, 6) is -0.542. The lowest BCUT2D eigenvalue weighted by Gasteiger charge is -2.09. The summed E-state index contributed by atoms with van der Waals surface area (Å²) in [6.45, 7) is 4.02. The third kappa shape index (κ3) is 3.95. The van der Waals surface area contributed by atoms with Gasteiger partial charge >= 0.3 is 5.97 Å². The molecule has 2 rings (SSSR count). The van der Waals surface area contributed by atoms with Crippen LogP contribution in [-0.4, -0.2) is 19.0 Å². The first-order valence-corrected chi connectivity index (χ1v) is 7.04. The molecule has 0 saturated carbocycles. The lowest BCUT2D eigenvalue weighted by atomic mass is 10.0. The van der Waals surface area contributed by atoms with E-state index in [-0.39, 0.29) is 5.91 Å². The average molecular weight is 297 g/mol. The zero-order chi connectivity index (χ0) is 16.1. The van der Waals surface area contributed by atoms with Crippen LogP contribution in [0.2, 0.25) is 0 Å². The van der Waals surface area contributed by atoms with Crippen LogP contribution >= 0.6 is 0 Å². The normalized spacial score (nSPS) is 10.1. The number of aryl methyl sites for hydroxylation is 2. The van der Waals surface area contributed by atoms with Gasteiger partial charge in [-0.2, -0.15) is 0 Å². The Labute approximate surface area is 130 Å². The highest BCUT2D eigenvalue weighted by molar-refractivity contribution is 5.95. The predicted octanol–water partition coefficient (Wildman–Crippen LogP) is 3.27. The van der Waals surface area contributed by atoms with Gasteiger partial charge in [0, 0.05) is 5.69 Å². The van der Waals surface area contributed by atoms with Gasteiger partial charge in [0.25, 0.3) is 0 Å². The maximum absolute atomic E-state index is 12.1. The molecule has 0 aliphatic rings. The van der Waals surface area contributed by atoms with Crippen molar-refractivity contribution in [1.82, 2.24) is 0 Å². The molecule has 22 heavy (non-hydrogen) atoms. The molecular weight excluding hydrogens is 278 g/mol. The number of hydrogen-bond acceptors (Lipinski definition) is 3. The Kier molecular flexibility index (Phi) is 4.94. The first-order chi connectivity index (χ1) is 10.5. The van der Waals surface area contributed by atoms with Gasteiger partial charge in [-0.25, -0.2) is 4.79 Å². The first kappa shape index (κ1) is 15.8.